The van der Waals surface area contributed by atoms with E-state index < -0.39 is 0 Å². The van der Waals surface area contributed by atoms with Crippen LogP contribution in [0.3, 0.4) is 0 Å². The molecule has 0 spiro atoms. The van der Waals surface area contributed by atoms with E-state index in [2.05, 4.69) is 35.3 Å². The summed E-state index contributed by atoms with van der Waals surface area (Å²) in [5, 5.41) is 2.73. The Kier molecular flexibility index (Phi) is 2.36. The SMILES string of the molecule is c1ccc2nc(-c3ccc4c5c(cccc35)CC4)cnc2c1. The zero-order valence-corrected chi connectivity index (χ0v) is 12.1. The number of fused-ring (bicyclic) bond motifs is 1. The Balaban J connectivity index is 1.83. The normalized spacial score (nSPS) is 13.1. The summed E-state index contributed by atoms with van der Waals surface area (Å²) < 4.78 is 0. The molecule has 22 heavy (non-hydrogen) atoms. The molecule has 0 bridgehead atoms. The van der Waals surface area contributed by atoms with E-state index in [1.807, 2.05) is 30.5 Å². The monoisotopic (exact) mass is 282 g/mol. The van der Waals surface area contributed by atoms with E-state index in [1.165, 1.54) is 27.5 Å². The van der Waals surface area contributed by atoms with Crippen molar-refractivity contribution in [1.29, 1.82) is 0 Å². The largest absolute Gasteiger partial charge is 0.252 e. The second-order valence-electron chi connectivity index (χ2n) is 5.86. The molecule has 2 heteroatoms. The molecule has 104 valence electrons. The van der Waals surface area contributed by atoms with Crippen LogP contribution in [0.15, 0.2) is 60.8 Å². The van der Waals surface area contributed by atoms with Crippen LogP contribution in [0.4, 0.5) is 0 Å². The van der Waals surface area contributed by atoms with E-state index in [0.717, 1.165) is 29.6 Å². The maximum Gasteiger partial charge on any atom is 0.0899 e. The molecule has 1 aliphatic carbocycles. The molecule has 1 aliphatic rings. The minimum absolute atomic E-state index is 0.942. The minimum atomic E-state index is 0.942. The van der Waals surface area contributed by atoms with Gasteiger partial charge in [0, 0.05) is 5.56 Å². The Morgan fingerprint density at radius 2 is 1.55 bits per heavy atom. The maximum absolute atomic E-state index is 4.81. The molecule has 1 aromatic heterocycles. The molecule has 0 atom stereocenters. The van der Waals surface area contributed by atoms with Crippen LogP contribution in [0.5, 0.6) is 0 Å². The fourth-order valence-corrected chi connectivity index (χ4v) is 3.56. The van der Waals surface area contributed by atoms with Gasteiger partial charge in [-0.15, -0.1) is 0 Å². The first-order chi connectivity index (χ1) is 10.9. The summed E-state index contributed by atoms with van der Waals surface area (Å²) in [6, 6.07) is 19.1. The second-order valence-corrected chi connectivity index (χ2v) is 5.86. The molecule has 4 aromatic rings. The van der Waals surface area contributed by atoms with Crippen molar-refractivity contribution in [3.63, 3.8) is 0 Å². The third kappa shape index (κ3) is 1.61. The summed E-state index contributed by atoms with van der Waals surface area (Å²) in [6.45, 7) is 0. The summed E-state index contributed by atoms with van der Waals surface area (Å²) in [4.78, 5) is 9.38. The first kappa shape index (κ1) is 11.9. The summed E-state index contributed by atoms with van der Waals surface area (Å²) in [7, 11) is 0. The maximum atomic E-state index is 4.81. The van der Waals surface area contributed by atoms with E-state index in [9.17, 15) is 0 Å². The lowest BCUT2D eigenvalue weighted by Crippen LogP contribution is -1.90. The van der Waals surface area contributed by atoms with Crippen molar-refractivity contribution in [2.75, 3.05) is 0 Å². The lowest BCUT2D eigenvalue weighted by Gasteiger charge is -2.09. The fourth-order valence-electron chi connectivity index (χ4n) is 3.56. The molecule has 1 heterocycles. The van der Waals surface area contributed by atoms with Gasteiger partial charge in [0.15, 0.2) is 0 Å². The molecule has 3 aromatic carbocycles. The third-order valence-corrected chi connectivity index (χ3v) is 4.60. The number of rotatable bonds is 1. The predicted octanol–water partition coefficient (Wildman–Crippen LogP) is 4.55. The number of para-hydroxylation sites is 2. The van der Waals surface area contributed by atoms with Gasteiger partial charge in [-0.05, 0) is 46.9 Å². The molecule has 0 fully saturated rings. The Labute approximate surface area is 128 Å². The Hall–Kier alpha value is -2.74. The Morgan fingerprint density at radius 3 is 2.45 bits per heavy atom. The average molecular weight is 282 g/mol. The first-order valence-corrected chi connectivity index (χ1v) is 7.66. The minimum Gasteiger partial charge on any atom is -0.252 e. The van der Waals surface area contributed by atoms with E-state index in [0.29, 0.717) is 0 Å². The van der Waals surface area contributed by atoms with Crippen molar-refractivity contribution in [3.8, 4) is 11.3 Å². The van der Waals surface area contributed by atoms with Crippen LogP contribution in [0, 0.1) is 0 Å². The molecule has 0 amide bonds. The second kappa shape index (κ2) is 4.38. The average Bonchev–Trinajstić information content (AvgIpc) is 3.00. The Bertz CT molecular complexity index is 1020. The molecule has 5 rings (SSSR count). The molecule has 0 saturated heterocycles. The Morgan fingerprint density at radius 1 is 0.727 bits per heavy atom. The van der Waals surface area contributed by atoms with Crippen molar-refractivity contribution in [3.05, 3.63) is 71.9 Å². The van der Waals surface area contributed by atoms with E-state index in [-0.39, 0.29) is 0 Å². The lowest BCUT2D eigenvalue weighted by atomic mass is 9.98. The van der Waals surface area contributed by atoms with Gasteiger partial charge in [-0.1, -0.05) is 42.5 Å². The van der Waals surface area contributed by atoms with Crippen molar-refractivity contribution in [1.82, 2.24) is 9.97 Å². The van der Waals surface area contributed by atoms with Crippen LogP contribution in [0.2, 0.25) is 0 Å². The molecule has 0 radical (unpaired) electrons. The van der Waals surface area contributed by atoms with Crippen LogP contribution in [-0.2, 0) is 12.8 Å². The summed E-state index contributed by atoms with van der Waals surface area (Å²) in [6.07, 6.45) is 4.19. The van der Waals surface area contributed by atoms with Gasteiger partial charge in [-0.25, -0.2) is 4.98 Å². The topological polar surface area (TPSA) is 25.8 Å². The number of benzene rings is 3. The van der Waals surface area contributed by atoms with Gasteiger partial charge in [0.25, 0.3) is 0 Å². The van der Waals surface area contributed by atoms with E-state index in [1.54, 1.807) is 0 Å². The number of nitrogens with zero attached hydrogens (tertiary/aromatic N) is 2. The van der Waals surface area contributed by atoms with Crippen LogP contribution in [0.1, 0.15) is 11.1 Å². The fraction of sp³-hybridized carbons (Fsp3) is 0.100. The predicted molar refractivity (Wildman–Crippen MR) is 89.9 cm³/mol. The van der Waals surface area contributed by atoms with Gasteiger partial charge in [0.1, 0.15) is 0 Å². The van der Waals surface area contributed by atoms with Crippen LogP contribution < -0.4 is 0 Å². The quantitative estimate of drug-likeness (QED) is 0.512. The zero-order chi connectivity index (χ0) is 14.5. The van der Waals surface area contributed by atoms with Crippen molar-refractivity contribution in [2.24, 2.45) is 0 Å². The van der Waals surface area contributed by atoms with Crippen molar-refractivity contribution < 1.29 is 0 Å². The van der Waals surface area contributed by atoms with Gasteiger partial charge in [-0.3, -0.25) is 4.98 Å². The van der Waals surface area contributed by atoms with Crippen LogP contribution in [-0.4, -0.2) is 9.97 Å². The highest BCUT2D eigenvalue weighted by molar-refractivity contribution is 6.01. The number of hydrogen-bond donors (Lipinski definition) is 0. The molecule has 0 N–H and O–H groups in total. The van der Waals surface area contributed by atoms with E-state index >= 15 is 0 Å². The summed E-state index contributed by atoms with van der Waals surface area (Å²) >= 11 is 0. The smallest absolute Gasteiger partial charge is 0.0899 e. The molecular weight excluding hydrogens is 268 g/mol. The summed E-state index contributed by atoms with van der Waals surface area (Å²) in [5.74, 6) is 0. The van der Waals surface area contributed by atoms with Gasteiger partial charge < -0.3 is 0 Å². The van der Waals surface area contributed by atoms with Crippen LogP contribution in [0.25, 0.3) is 33.1 Å². The number of aromatic nitrogens is 2. The van der Waals surface area contributed by atoms with E-state index in [4.69, 9.17) is 4.98 Å². The highest BCUT2D eigenvalue weighted by Crippen LogP contribution is 2.36. The van der Waals surface area contributed by atoms with Gasteiger partial charge >= 0.3 is 0 Å². The van der Waals surface area contributed by atoms with Gasteiger partial charge in [-0.2, -0.15) is 0 Å². The molecule has 0 unspecified atom stereocenters. The number of hydrogen-bond acceptors (Lipinski definition) is 2. The number of aryl methyl sites for hydroxylation is 2. The highest BCUT2D eigenvalue weighted by atomic mass is 14.8. The van der Waals surface area contributed by atoms with Crippen molar-refractivity contribution in [2.45, 2.75) is 12.8 Å². The molecule has 0 aliphatic heterocycles. The molecule has 0 saturated carbocycles. The lowest BCUT2D eigenvalue weighted by molar-refractivity contribution is 1.02. The summed E-state index contributed by atoms with van der Waals surface area (Å²) in [5.41, 5.74) is 6.95. The van der Waals surface area contributed by atoms with Crippen molar-refractivity contribution >= 4 is 21.8 Å². The highest BCUT2D eigenvalue weighted by Gasteiger charge is 2.17. The molecule has 2 nitrogen and oxygen atoms in total. The standard InChI is InChI=1S/C20H14N2/c1-2-7-18-17(6-1)21-12-19(22-18)15-11-10-14-9-8-13-4-3-5-16(15)20(13)14/h1-7,10-12H,8-9H2. The zero-order valence-electron chi connectivity index (χ0n) is 12.1. The van der Waals surface area contributed by atoms with Crippen LogP contribution >= 0.6 is 0 Å². The van der Waals surface area contributed by atoms with Gasteiger partial charge in [0.05, 0.1) is 22.9 Å². The third-order valence-electron chi connectivity index (χ3n) is 4.60. The molecular formula is C20H14N2. The first-order valence-electron chi connectivity index (χ1n) is 7.66. The van der Waals surface area contributed by atoms with Gasteiger partial charge in [0.2, 0.25) is 0 Å².